The highest BCUT2D eigenvalue weighted by atomic mass is 16.8. The second-order valence-electron chi connectivity index (χ2n) is 3.24. The lowest BCUT2D eigenvalue weighted by Crippen LogP contribution is -2.33. The summed E-state index contributed by atoms with van der Waals surface area (Å²) in [5, 5.41) is 0. The first-order chi connectivity index (χ1) is 4.10. The topological polar surface area (TPSA) is 29.3 Å². The van der Waals surface area contributed by atoms with E-state index in [1.54, 1.807) is 0 Å². The Morgan fingerprint density at radius 3 is 2.56 bits per heavy atom. The molecule has 0 saturated carbocycles. The predicted molar refractivity (Wildman–Crippen MR) is 32.8 cm³/mol. The highest BCUT2D eigenvalue weighted by Gasteiger charge is 2.33. The lowest BCUT2D eigenvalue weighted by Gasteiger charge is -2.20. The minimum Gasteiger partial charge on any atom is -0.232 e. The van der Waals surface area contributed by atoms with Gasteiger partial charge in [0.2, 0.25) is 4.92 Å². The third kappa shape index (κ3) is 1.66. The Morgan fingerprint density at radius 2 is 2.22 bits per heavy atom. The normalized spacial score (nSPS) is 25.3. The van der Waals surface area contributed by atoms with Gasteiger partial charge < -0.3 is 0 Å². The summed E-state index contributed by atoms with van der Waals surface area (Å²) in [5.74, 6) is 0. The van der Waals surface area contributed by atoms with Gasteiger partial charge in [-0.2, -0.15) is 0 Å². The number of hydrogen-bond donors (Lipinski definition) is 0. The Bertz CT molecular complexity index is 131. The molecule has 0 atom stereocenters. The van der Waals surface area contributed by atoms with Crippen LogP contribution in [0.3, 0.4) is 0 Å². The molecule has 1 aliphatic rings. The van der Waals surface area contributed by atoms with E-state index in [2.05, 4.69) is 13.8 Å². The van der Waals surface area contributed by atoms with Crippen molar-refractivity contribution < 1.29 is 9.76 Å². The fourth-order valence-corrected chi connectivity index (χ4v) is 0.898. The summed E-state index contributed by atoms with van der Waals surface area (Å²) in [6.45, 7) is 5.20. The Balaban J connectivity index is 2.51. The smallest absolute Gasteiger partial charge is 0.232 e. The van der Waals surface area contributed by atoms with Crippen molar-refractivity contribution in [1.29, 1.82) is 0 Å². The average molecular weight is 130 g/mol. The highest BCUT2D eigenvalue weighted by Crippen LogP contribution is 2.23. The molecule has 1 heterocycles. The van der Waals surface area contributed by atoms with Gasteiger partial charge >= 0.3 is 0 Å². The molecule has 9 heavy (non-hydrogen) atoms. The molecule has 0 spiro atoms. The van der Waals surface area contributed by atoms with E-state index < -0.39 is 0 Å². The van der Waals surface area contributed by atoms with Gasteiger partial charge in [0.15, 0.2) is 6.61 Å². The molecule has 0 amide bonds. The van der Waals surface area contributed by atoms with Gasteiger partial charge in [-0.05, 0) is 0 Å². The molecule has 0 aromatic heterocycles. The molecular formula is C6H12NO2+. The maximum Gasteiger partial charge on any atom is 0.253 e. The summed E-state index contributed by atoms with van der Waals surface area (Å²) in [5.41, 5.74) is 0.139. The van der Waals surface area contributed by atoms with Crippen LogP contribution in [-0.2, 0) is 4.84 Å². The van der Waals surface area contributed by atoms with Crippen molar-refractivity contribution in [2.45, 2.75) is 20.3 Å². The van der Waals surface area contributed by atoms with Crippen molar-refractivity contribution in [1.82, 2.24) is 0 Å². The quantitative estimate of drug-likeness (QED) is 0.492. The van der Waals surface area contributed by atoms with Crippen LogP contribution in [0.25, 0.3) is 0 Å². The van der Waals surface area contributed by atoms with Crippen LogP contribution in [0.5, 0.6) is 0 Å². The van der Waals surface area contributed by atoms with E-state index in [0.29, 0.717) is 18.1 Å². The van der Waals surface area contributed by atoms with Crippen molar-refractivity contribution in [3.8, 4) is 0 Å². The molecule has 0 unspecified atom stereocenters. The first-order valence-corrected chi connectivity index (χ1v) is 3.18. The molecule has 52 valence electrons. The van der Waals surface area contributed by atoms with Crippen LogP contribution < -0.4 is 0 Å². The Hall–Kier alpha value is -0.600. The largest absolute Gasteiger partial charge is 0.253 e. The SMILES string of the molecule is CC1(C)CCO[N+](=O)C1. The van der Waals surface area contributed by atoms with Crippen LogP contribution in [0.1, 0.15) is 20.3 Å². The number of hydrogen-bond acceptors (Lipinski definition) is 2. The molecule has 0 bridgehead atoms. The standard InChI is InChI=1S/C6H12NO2/c1-6(2)3-4-9-7(8)5-6/h3-5H2,1-2H3/q+1. The maximum atomic E-state index is 10.6. The van der Waals surface area contributed by atoms with E-state index in [9.17, 15) is 4.91 Å². The zero-order valence-electron chi connectivity index (χ0n) is 5.89. The molecule has 0 radical (unpaired) electrons. The fraction of sp³-hybridized carbons (Fsp3) is 1.00. The van der Waals surface area contributed by atoms with Crippen molar-refractivity contribution in [2.24, 2.45) is 5.41 Å². The van der Waals surface area contributed by atoms with Crippen LogP contribution in [0.2, 0.25) is 0 Å². The van der Waals surface area contributed by atoms with E-state index in [-0.39, 0.29) is 5.41 Å². The fourth-order valence-electron chi connectivity index (χ4n) is 0.898. The van der Waals surface area contributed by atoms with Crippen molar-refractivity contribution in [3.63, 3.8) is 0 Å². The van der Waals surface area contributed by atoms with Gasteiger partial charge in [0.25, 0.3) is 6.54 Å². The van der Waals surface area contributed by atoms with Crippen LogP contribution in [0.4, 0.5) is 0 Å². The van der Waals surface area contributed by atoms with Crippen molar-refractivity contribution in [2.75, 3.05) is 13.2 Å². The molecule has 0 aromatic carbocycles. The average Bonchev–Trinajstić information content (AvgIpc) is 1.60. The number of rotatable bonds is 0. The van der Waals surface area contributed by atoms with E-state index in [1.807, 2.05) is 0 Å². The van der Waals surface area contributed by atoms with Gasteiger partial charge in [-0.1, -0.05) is 13.8 Å². The van der Waals surface area contributed by atoms with Gasteiger partial charge in [-0.15, -0.1) is 0 Å². The summed E-state index contributed by atoms with van der Waals surface area (Å²) in [7, 11) is 0. The molecular weight excluding hydrogens is 118 g/mol. The third-order valence-electron chi connectivity index (χ3n) is 1.57. The second kappa shape index (κ2) is 1.97. The molecule has 0 N–H and O–H groups in total. The first kappa shape index (κ1) is 6.52. The molecule has 0 aliphatic carbocycles. The van der Waals surface area contributed by atoms with E-state index >= 15 is 0 Å². The molecule has 1 fully saturated rings. The Labute approximate surface area is 54.5 Å². The summed E-state index contributed by atoms with van der Waals surface area (Å²) in [6.07, 6.45) is 0.978. The lowest BCUT2D eigenvalue weighted by molar-refractivity contribution is -0.819. The molecule has 3 heteroatoms. The highest BCUT2D eigenvalue weighted by molar-refractivity contribution is 4.66. The monoisotopic (exact) mass is 130 g/mol. The zero-order valence-corrected chi connectivity index (χ0v) is 5.89. The van der Waals surface area contributed by atoms with Crippen LogP contribution in [0.15, 0.2) is 0 Å². The van der Waals surface area contributed by atoms with Crippen LogP contribution >= 0.6 is 0 Å². The van der Waals surface area contributed by atoms with E-state index in [0.717, 1.165) is 6.42 Å². The molecule has 1 rings (SSSR count). The molecule has 1 saturated heterocycles. The van der Waals surface area contributed by atoms with Crippen molar-refractivity contribution >= 4 is 0 Å². The van der Waals surface area contributed by atoms with Gasteiger partial charge in [0.1, 0.15) is 0 Å². The summed E-state index contributed by atoms with van der Waals surface area (Å²) in [4.78, 5) is 15.9. The molecule has 1 aliphatic heterocycles. The van der Waals surface area contributed by atoms with Crippen LogP contribution in [-0.4, -0.2) is 18.1 Å². The van der Waals surface area contributed by atoms with E-state index in [4.69, 9.17) is 4.84 Å². The van der Waals surface area contributed by atoms with Crippen molar-refractivity contribution in [3.05, 3.63) is 4.91 Å². The summed E-state index contributed by atoms with van der Waals surface area (Å²) >= 11 is 0. The van der Waals surface area contributed by atoms with Gasteiger partial charge in [0.05, 0.1) is 4.91 Å². The Morgan fingerprint density at radius 1 is 1.56 bits per heavy atom. The molecule has 0 aromatic rings. The summed E-state index contributed by atoms with van der Waals surface area (Å²) in [6, 6.07) is 0. The van der Waals surface area contributed by atoms with Gasteiger partial charge in [0, 0.05) is 11.8 Å². The van der Waals surface area contributed by atoms with Gasteiger partial charge in [-0.3, -0.25) is 0 Å². The minimum absolute atomic E-state index is 0.139. The lowest BCUT2D eigenvalue weighted by atomic mass is 9.89. The zero-order chi connectivity index (χ0) is 6.91. The number of nitrogens with zero attached hydrogens (tertiary/aromatic N) is 1. The maximum absolute atomic E-state index is 10.6. The van der Waals surface area contributed by atoms with Crippen LogP contribution in [0, 0.1) is 10.3 Å². The minimum atomic E-state index is 0.139. The van der Waals surface area contributed by atoms with Gasteiger partial charge in [-0.25, -0.2) is 4.84 Å². The first-order valence-electron chi connectivity index (χ1n) is 3.18. The summed E-state index contributed by atoms with van der Waals surface area (Å²) < 4.78 is 0. The second-order valence-corrected chi connectivity index (χ2v) is 3.24. The Kier molecular flexibility index (Phi) is 1.43. The van der Waals surface area contributed by atoms with E-state index in [1.165, 1.54) is 0 Å². The predicted octanol–water partition coefficient (Wildman–Crippen LogP) is 1.13. The third-order valence-corrected chi connectivity index (χ3v) is 1.57. The molecule has 3 nitrogen and oxygen atoms in total.